The molecule has 0 saturated heterocycles. The Morgan fingerprint density at radius 1 is 1.30 bits per heavy atom. The number of esters is 1. The Kier molecular flexibility index (Phi) is 4.59. The summed E-state index contributed by atoms with van der Waals surface area (Å²) in [5.41, 5.74) is 3.07. The zero-order valence-electron chi connectivity index (χ0n) is 14.6. The second kappa shape index (κ2) is 7.05. The molecule has 0 fully saturated rings. The Balaban J connectivity index is 1.70. The number of carbonyl (C=O) groups is 2. The summed E-state index contributed by atoms with van der Waals surface area (Å²) in [6, 6.07) is 7.34. The normalized spacial score (nSPS) is 11.0. The predicted molar refractivity (Wildman–Crippen MR) is 107 cm³/mol. The number of ether oxygens (including phenoxy) is 1. The Morgan fingerprint density at radius 2 is 2.15 bits per heavy atom. The fraction of sp³-hybridized carbons (Fsp3) is 0.158. The predicted octanol–water partition coefficient (Wildman–Crippen LogP) is 4.99. The van der Waals surface area contributed by atoms with Crippen molar-refractivity contribution in [2.75, 3.05) is 11.9 Å². The summed E-state index contributed by atoms with van der Waals surface area (Å²) < 4.78 is 12.3. The first-order valence-electron chi connectivity index (χ1n) is 8.27. The molecule has 0 bridgehead atoms. The maximum Gasteiger partial charge on any atom is 0.341 e. The number of nitrogens with zero attached hydrogens (tertiary/aromatic N) is 1. The molecule has 1 N–H and O–H groups in total. The minimum absolute atomic E-state index is 0.264. The van der Waals surface area contributed by atoms with Gasteiger partial charge < -0.3 is 19.0 Å². The van der Waals surface area contributed by atoms with Crippen LogP contribution in [0.4, 0.5) is 5.00 Å². The van der Waals surface area contributed by atoms with Gasteiger partial charge in [0.15, 0.2) is 5.58 Å². The largest absolute Gasteiger partial charge is 0.463 e. The standard InChI is InChI=1S/C19H16N2O4S2/c1-3-24-19(23)16-11(15-5-4-8-26-15)10-27-18(16)20-17(22)13-9-14-12(21(13)2)6-7-25-14/h4-10H,3H2,1-2H3,(H,20,22). The van der Waals surface area contributed by atoms with E-state index in [1.54, 1.807) is 36.9 Å². The Hall–Kier alpha value is -2.84. The average molecular weight is 400 g/mol. The third-order valence-electron chi connectivity index (χ3n) is 4.18. The molecule has 0 spiro atoms. The van der Waals surface area contributed by atoms with Gasteiger partial charge in [0.2, 0.25) is 0 Å². The third kappa shape index (κ3) is 3.07. The number of aromatic nitrogens is 1. The summed E-state index contributed by atoms with van der Waals surface area (Å²) in [6.07, 6.45) is 1.58. The van der Waals surface area contributed by atoms with Crippen LogP contribution in [0.15, 0.2) is 45.7 Å². The van der Waals surface area contributed by atoms with Crippen molar-refractivity contribution in [1.29, 1.82) is 0 Å². The number of nitrogens with one attached hydrogen (secondary N) is 1. The van der Waals surface area contributed by atoms with E-state index in [4.69, 9.17) is 9.15 Å². The van der Waals surface area contributed by atoms with E-state index < -0.39 is 5.97 Å². The highest BCUT2D eigenvalue weighted by atomic mass is 32.1. The van der Waals surface area contributed by atoms with E-state index in [2.05, 4.69) is 5.32 Å². The molecule has 0 atom stereocenters. The minimum Gasteiger partial charge on any atom is -0.463 e. The van der Waals surface area contributed by atoms with Gasteiger partial charge in [-0.05, 0) is 18.4 Å². The van der Waals surface area contributed by atoms with E-state index in [1.807, 2.05) is 22.9 Å². The van der Waals surface area contributed by atoms with Crippen LogP contribution < -0.4 is 5.32 Å². The van der Waals surface area contributed by atoms with Gasteiger partial charge in [0, 0.05) is 35.0 Å². The van der Waals surface area contributed by atoms with Gasteiger partial charge in [0.25, 0.3) is 5.91 Å². The van der Waals surface area contributed by atoms with Gasteiger partial charge in [-0.15, -0.1) is 22.7 Å². The van der Waals surface area contributed by atoms with Crippen LogP contribution in [0.5, 0.6) is 0 Å². The van der Waals surface area contributed by atoms with Gasteiger partial charge in [-0.2, -0.15) is 0 Å². The zero-order chi connectivity index (χ0) is 19.0. The van der Waals surface area contributed by atoms with E-state index in [0.29, 0.717) is 21.8 Å². The van der Waals surface area contributed by atoms with Gasteiger partial charge in [0.05, 0.1) is 18.4 Å². The minimum atomic E-state index is -0.446. The van der Waals surface area contributed by atoms with E-state index in [1.165, 1.54) is 22.7 Å². The summed E-state index contributed by atoms with van der Waals surface area (Å²) in [6.45, 7) is 2.02. The molecule has 4 heterocycles. The highest BCUT2D eigenvalue weighted by Gasteiger charge is 2.24. The Labute approximate surface area is 163 Å². The SMILES string of the molecule is CCOC(=O)c1c(-c2cccs2)csc1NC(=O)c1cc2occc2n1C. The smallest absolute Gasteiger partial charge is 0.341 e. The lowest BCUT2D eigenvalue weighted by atomic mass is 10.1. The topological polar surface area (TPSA) is 73.5 Å². The molecule has 0 unspecified atom stereocenters. The number of anilines is 1. The molecule has 0 aliphatic heterocycles. The molecule has 4 aromatic heterocycles. The fourth-order valence-electron chi connectivity index (χ4n) is 2.90. The van der Waals surface area contributed by atoms with Crippen molar-refractivity contribution in [3.05, 3.63) is 52.5 Å². The van der Waals surface area contributed by atoms with Gasteiger partial charge >= 0.3 is 5.97 Å². The van der Waals surface area contributed by atoms with Crippen LogP contribution in [0.2, 0.25) is 0 Å². The first-order valence-corrected chi connectivity index (χ1v) is 10.0. The number of furan rings is 1. The molecule has 0 saturated carbocycles. The number of hydrogen-bond donors (Lipinski definition) is 1. The Morgan fingerprint density at radius 3 is 2.85 bits per heavy atom. The van der Waals surface area contributed by atoms with Gasteiger partial charge in [-0.1, -0.05) is 6.07 Å². The maximum atomic E-state index is 12.8. The highest BCUT2D eigenvalue weighted by molar-refractivity contribution is 7.17. The molecule has 0 aliphatic carbocycles. The number of thiophene rings is 2. The number of fused-ring (bicyclic) bond motifs is 1. The number of amides is 1. The van der Waals surface area contributed by atoms with E-state index in [-0.39, 0.29) is 12.5 Å². The summed E-state index contributed by atoms with van der Waals surface area (Å²) in [5, 5.41) is 7.14. The third-order valence-corrected chi connectivity index (χ3v) is 5.98. The van der Waals surface area contributed by atoms with Crippen molar-refractivity contribution in [2.45, 2.75) is 6.92 Å². The van der Waals surface area contributed by atoms with E-state index >= 15 is 0 Å². The molecular formula is C19H16N2O4S2. The van der Waals surface area contributed by atoms with Crippen LogP contribution in [0.25, 0.3) is 21.5 Å². The molecule has 27 heavy (non-hydrogen) atoms. The second-order valence-electron chi connectivity index (χ2n) is 5.76. The van der Waals surface area contributed by atoms with Crippen LogP contribution >= 0.6 is 22.7 Å². The number of carbonyl (C=O) groups excluding carboxylic acids is 2. The summed E-state index contributed by atoms with van der Waals surface area (Å²) in [7, 11) is 1.80. The van der Waals surface area contributed by atoms with E-state index in [9.17, 15) is 9.59 Å². The molecule has 0 aromatic carbocycles. The molecule has 0 radical (unpaired) electrons. The van der Waals surface area contributed by atoms with Gasteiger partial charge in [-0.25, -0.2) is 4.79 Å². The molecule has 8 heteroatoms. The molecule has 0 aliphatic rings. The van der Waals surface area contributed by atoms with Crippen LogP contribution in [0.1, 0.15) is 27.8 Å². The van der Waals surface area contributed by atoms with Crippen molar-refractivity contribution in [2.24, 2.45) is 7.05 Å². The summed E-state index contributed by atoms with van der Waals surface area (Å²) in [5.74, 6) is -0.757. The van der Waals surface area contributed by atoms with Crippen molar-refractivity contribution < 1.29 is 18.7 Å². The molecular weight excluding hydrogens is 384 g/mol. The molecule has 1 amide bonds. The maximum absolute atomic E-state index is 12.8. The molecule has 138 valence electrons. The number of aryl methyl sites for hydroxylation is 1. The summed E-state index contributed by atoms with van der Waals surface area (Å²) >= 11 is 2.84. The first-order chi connectivity index (χ1) is 13.1. The number of rotatable bonds is 5. The van der Waals surface area contributed by atoms with E-state index in [0.717, 1.165) is 16.0 Å². The van der Waals surface area contributed by atoms with Crippen molar-refractivity contribution >= 4 is 50.7 Å². The van der Waals surface area contributed by atoms with Crippen molar-refractivity contribution in [3.8, 4) is 10.4 Å². The lowest BCUT2D eigenvalue weighted by Crippen LogP contribution is -2.17. The van der Waals surface area contributed by atoms with Gasteiger partial charge in [0.1, 0.15) is 16.3 Å². The van der Waals surface area contributed by atoms with Crippen LogP contribution in [0.3, 0.4) is 0 Å². The quantitative estimate of drug-likeness (QED) is 0.479. The van der Waals surface area contributed by atoms with Crippen molar-refractivity contribution in [3.63, 3.8) is 0 Å². The second-order valence-corrected chi connectivity index (χ2v) is 7.59. The Bertz CT molecular complexity index is 1120. The average Bonchev–Trinajstić information content (AvgIpc) is 3.40. The number of hydrogen-bond acceptors (Lipinski definition) is 6. The summed E-state index contributed by atoms with van der Waals surface area (Å²) in [4.78, 5) is 26.3. The lowest BCUT2D eigenvalue weighted by molar-refractivity contribution is 0.0529. The lowest BCUT2D eigenvalue weighted by Gasteiger charge is -2.08. The van der Waals surface area contributed by atoms with Crippen molar-refractivity contribution in [1.82, 2.24) is 4.57 Å². The van der Waals surface area contributed by atoms with Crippen LogP contribution in [-0.2, 0) is 11.8 Å². The monoisotopic (exact) mass is 400 g/mol. The molecule has 4 aromatic rings. The molecule has 6 nitrogen and oxygen atoms in total. The van der Waals surface area contributed by atoms with Gasteiger partial charge in [-0.3, -0.25) is 4.79 Å². The van der Waals surface area contributed by atoms with Crippen LogP contribution in [0, 0.1) is 0 Å². The highest BCUT2D eigenvalue weighted by Crippen LogP contribution is 2.38. The zero-order valence-corrected chi connectivity index (χ0v) is 16.3. The first kappa shape index (κ1) is 17.6. The molecule has 4 rings (SSSR count). The fourth-order valence-corrected chi connectivity index (χ4v) is 4.67. The van der Waals surface area contributed by atoms with Crippen LogP contribution in [-0.4, -0.2) is 23.1 Å².